The molecule has 0 aliphatic rings. The molecule has 0 radical (unpaired) electrons. The Morgan fingerprint density at radius 1 is 1.04 bits per heavy atom. The van der Waals surface area contributed by atoms with Crippen LogP contribution in [0.25, 0.3) is 0 Å². The van der Waals surface area contributed by atoms with Gasteiger partial charge >= 0.3 is 5.97 Å². The lowest BCUT2D eigenvalue weighted by molar-refractivity contribution is 0.0600. The maximum atomic E-state index is 12.3. The average Bonchev–Trinajstić information content (AvgIpc) is 2.66. The van der Waals surface area contributed by atoms with E-state index >= 15 is 0 Å². The fourth-order valence-electron chi connectivity index (χ4n) is 2.16. The van der Waals surface area contributed by atoms with E-state index in [0.717, 1.165) is 0 Å². The zero-order valence-electron chi connectivity index (χ0n) is 15.4. The first kappa shape index (κ1) is 20.4. The summed E-state index contributed by atoms with van der Waals surface area (Å²) in [4.78, 5) is 23.7. The molecule has 0 heterocycles. The van der Waals surface area contributed by atoms with Crippen LogP contribution in [0, 0.1) is 5.92 Å². The summed E-state index contributed by atoms with van der Waals surface area (Å²) in [5, 5.41) is 5.73. The second-order valence-electron chi connectivity index (χ2n) is 6.18. The average molecular weight is 386 g/mol. The van der Waals surface area contributed by atoms with Crippen LogP contribution in [0.1, 0.15) is 34.6 Å². The molecule has 0 unspecified atom stereocenters. The molecule has 2 N–H and O–H groups in total. The number of methoxy groups -OCH3 is 1. The number of thiocarbonyl (C=S) groups is 1. The van der Waals surface area contributed by atoms with E-state index in [1.54, 1.807) is 0 Å². The zero-order valence-corrected chi connectivity index (χ0v) is 16.3. The topological polar surface area (TPSA) is 76.7 Å². The van der Waals surface area contributed by atoms with Crippen LogP contribution in [0.15, 0.2) is 48.5 Å². The minimum absolute atomic E-state index is 0.151. The molecule has 0 saturated heterocycles. The number of anilines is 1. The normalized spacial score (nSPS) is 10.2. The molecule has 0 atom stereocenters. The number of esters is 1. The van der Waals surface area contributed by atoms with Crippen LogP contribution in [0.3, 0.4) is 0 Å². The highest BCUT2D eigenvalue weighted by molar-refractivity contribution is 7.80. The first-order chi connectivity index (χ1) is 12.9. The largest absolute Gasteiger partial charge is 0.491 e. The second kappa shape index (κ2) is 9.68. The predicted octanol–water partition coefficient (Wildman–Crippen LogP) is 3.63. The quantitative estimate of drug-likeness (QED) is 0.583. The summed E-state index contributed by atoms with van der Waals surface area (Å²) in [5.74, 6) is 0.199. The first-order valence-corrected chi connectivity index (χ1v) is 8.84. The van der Waals surface area contributed by atoms with E-state index in [1.165, 1.54) is 31.4 Å². The van der Waals surface area contributed by atoms with Gasteiger partial charge in [-0.1, -0.05) is 26.0 Å². The van der Waals surface area contributed by atoms with Gasteiger partial charge in [0.2, 0.25) is 0 Å². The number of hydrogen-bond donors (Lipinski definition) is 2. The van der Waals surface area contributed by atoms with Crippen LogP contribution in [-0.2, 0) is 4.74 Å². The molecule has 0 aliphatic heterocycles. The van der Waals surface area contributed by atoms with E-state index in [-0.39, 0.29) is 11.0 Å². The highest BCUT2D eigenvalue weighted by atomic mass is 32.1. The summed E-state index contributed by atoms with van der Waals surface area (Å²) >= 11 is 5.22. The molecule has 0 saturated carbocycles. The molecule has 27 heavy (non-hydrogen) atoms. The molecule has 0 bridgehead atoms. The smallest absolute Gasteiger partial charge is 0.337 e. The molecular weight excluding hydrogens is 364 g/mol. The molecule has 1 amide bonds. The summed E-state index contributed by atoms with van der Waals surface area (Å²) in [6, 6.07) is 13.5. The number of rotatable bonds is 6. The van der Waals surface area contributed by atoms with E-state index in [9.17, 15) is 9.59 Å². The number of ether oxygens (including phenoxy) is 2. The van der Waals surface area contributed by atoms with Gasteiger partial charge in [0.1, 0.15) is 5.75 Å². The maximum Gasteiger partial charge on any atom is 0.337 e. The van der Waals surface area contributed by atoms with Crippen molar-refractivity contribution < 1.29 is 19.1 Å². The van der Waals surface area contributed by atoms with Crippen molar-refractivity contribution in [2.24, 2.45) is 5.92 Å². The van der Waals surface area contributed by atoms with Crippen molar-refractivity contribution in [1.29, 1.82) is 0 Å². The predicted molar refractivity (Wildman–Crippen MR) is 108 cm³/mol. The summed E-state index contributed by atoms with van der Waals surface area (Å²) < 4.78 is 10.4. The molecule has 142 valence electrons. The minimum atomic E-state index is -0.461. The van der Waals surface area contributed by atoms with E-state index in [4.69, 9.17) is 17.0 Å². The molecule has 2 aromatic rings. The third-order valence-electron chi connectivity index (χ3n) is 3.50. The lowest BCUT2D eigenvalue weighted by Gasteiger charge is -2.15. The Bertz CT molecular complexity index is 819. The molecule has 0 aliphatic carbocycles. The Hall–Kier alpha value is -2.93. The SMILES string of the molecule is COC(=O)c1ccc(C(=O)NC(=S)Nc2ccccc2OCC(C)C)cc1. The molecule has 2 aromatic carbocycles. The Labute approximate surface area is 163 Å². The lowest BCUT2D eigenvalue weighted by atomic mass is 10.1. The van der Waals surface area contributed by atoms with Crippen molar-refractivity contribution >= 4 is 34.9 Å². The van der Waals surface area contributed by atoms with Crippen molar-refractivity contribution in [2.45, 2.75) is 13.8 Å². The summed E-state index contributed by atoms with van der Waals surface area (Å²) in [6.07, 6.45) is 0. The monoisotopic (exact) mass is 386 g/mol. The van der Waals surface area contributed by atoms with E-state index in [1.807, 2.05) is 24.3 Å². The zero-order chi connectivity index (χ0) is 19.8. The Morgan fingerprint density at radius 3 is 2.30 bits per heavy atom. The van der Waals surface area contributed by atoms with Gasteiger partial charge in [0.05, 0.1) is 25.0 Å². The Kier molecular flexibility index (Phi) is 7.31. The molecule has 0 fully saturated rings. The van der Waals surface area contributed by atoms with Crippen LogP contribution in [0.4, 0.5) is 5.69 Å². The number of carbonyl (C=O) groups is 2. The van der Waals surface area contributed by atoms with Gasteiger partial charge in [-0.25, -0.2) is 4.79 Å². The standard InChI is InChI=1S/C20H22N2O4S/c1-13(2)12-26-17-7-5-4-6-16(17)21-20(27)22-18(23)14-8-10-15(11-9-14)19(24)25-3/h4-11,13H,12H2,1-3H3,(H2,21,22,23,27). The van der Waals surface area contributed by atoms with Crippen molar-refractivity contribution in [2.75, 3.05) is 19.0 Å². The molecular formula is C20H22N2O4S. The van der Waals surface area contributed by atoms with E-state index < -0.39 is 5.97 Å². The third-order valence-corrected chi connectivity index (χ3v) is 3.71. The van der Waals surface area contributed by atoms with Gasteiger partial charge in [0.15, 0.2) is 5.11 Å². The van der Waals surface area contributed by atoms with Gasteiger partial charge in [-0.3, -0.25) is 10.1 Å². The van der Waals surface area contributed by atoms with Crippen LogP contribution in [0.5, 0.6) is 5.75 Å². The van der Waals surface area contributed by atoms with Gasteiger partial charge in [0.25, 0.3) is 5.91 Å². The van der Waals surface area contributed by atoms with Crippen molar-refractivity contribution in [1.82, 2.24) is 5.32 Å². The summed E-state index contributed by atoms with van der Waals surface area (Å²) in [5.41, 5.74) is 1.41. The van der Waals surface area contributed by atoms with Crippen LogP contribution in [-0.4, -0.2) is 30.7 Å². The van der Waals surface area contributed by atoms with E-state index in [2.05, 4.69) is 29.2 Å². The summed E-state index contributed by atoms with van der Waals surface area (Å²) in [7, 11) is 1.30. The van der Waals surface area contributed by atoms with Crippen molar-refractivity contribution in [3.63, 3.8) is 0 Å². The molecule has 2 rings (SSSR count). The molecule has 7 heteroatoms. The van der Waals surface area contributed by atoms with Crippen molar-refractivity contribution in [3.05, 3.63) is 59.7 Å². The van der Waals surface area contributed by atoms with Gasteiger partial charge in [-0.2, -0.15) is 0 Å². The third kappa shape index (κ3) is 6.07. The number of carbonyl (C=O) groups excluding carboxylic acids is 2. The Morgan fingerprint density at radius 2 is 1.67 bits per heavy atom. The maximum absolute atomic E-state index is 12.3. The van der Waals surface area contributed by atoms with Gasteiger partial charge < -0.3 is 14.8 Å². The number of nitrogens with one attached hydrogen (secondary N) is 2. The summed E-state index contributed by atoms with van der Waals surface area (Å²) in [6.45, 7) is 4.70. The second-order valence-corrected chi connectivity index (χ2v) is 6.59. The van der Waals surface area contributed by atoms with Gasteiger partial charge in [-0.05, 0) is 54.5 Å². The van der Waals surface area contributed by atoms with Gasteiger partial charge in [0, 0.05) is 5.56 Å². The van der Waals surface area contributed by atoms with Crippen LogP contribution < -0.4 is 15.4 Å². The van der Waals surface area contributed by atoms with Crippen LogP contribution >= 0.6 is 12.2 Å². The molecule has 0 aromatic heterocycles. The highest BCUT2D eigenvalue weighted by Crippen LogP contribution is 2.24. The highest BCUT2D eigenvalue weighted by Gasteiger charge is 2.12. The number of hydrogen-bond acceptors (Lipinski definition) is 5. The fourth-order valence-corrected chi connectivity index (χ4v) is 2.36. The Balaban J connectivity index is 1.99. The number of para-hydroxylation sites is 2. The molecule has 0 spiro atoms. The van der Waals surface area contributed by atoms with E-state index in [0.29, 0.717) is 35.1 Å². The minimum Gasteiger partial charge on any atom is -0.491 e. The van der Waals surface area contributed by atoms with Gasteiger partial charge in [-0.15, -0.1) is 0 Å². The van der Waals surface area contributed by atoms with Crippen molar-refractivity contribution in [3.8, 4) is 5.75 Å². The molecule has 6 nitrogen and oxygen atoms in total. The van der Waals surface area contributed by atoms with Crippen LogP contribution in [0.2, 0.25) is 0 Å². The number of amides is 1. The fraction of sp³-hybridized carbons (Fsp3) is 0.250. The lowest BCUT2D eigenvalue weighted by Crippen LogP contribution is -2.34. The number of benzene rings is 2. The first-order valence-electron chi connectivity index (χ1n) is 8.43.